The first-order chi connectivity index (χ1) is 16.7. The molecule has 0 atom stereocenters. The van der Waals surface area contributed by atoms with Gasteiger partial charge in [-0.15, -0.1) is 0 Å². The summed E-state index contributed by atoms with van der Waals surface area (Å²) in [4.78, 5) is 13.7. The van der Waals surface area contributed by atoms with Crippen LogP contribution in [0.2, 0.25) is 0 Å². The number of nitrogens with one attached hydrogen (secondary N) is 1. The largest absolute Gasteiger partial charge is 0.460 e. The summed E-state index contributed by atoms with van der Waals surface area (Å²) < 4.78 is 11.6. The molecular weight excluding hydrogens is 426 g/mol. The molecule has 8 rings (SSSR count). The summed E-state index contributed by atoms with van der Waals surface area (Å²) in [6.07, 6.45) is 13.8. The van der Waals surface area contributed by atoms with Crippen LogP contribution in [0, 0.1) is 5.41 Å². The van der Waals surface area contributed by atoms with Crippen molar-refractivity contribution in [1.82, 2.24) is 20.1 Å². The first kappa shape index (κ1) is 20.4. The quantitative estimate of drug-likeness (QED) is 0.468. The Hall–Kier alpha value is -2.96. The number of anilines is 1. The van der Waals surface area contributed by atoms with Crippen LogP contribution in [0.25, 0.3) is 11.3 Å². The number of hydrogen-bond donors (Lipinski definition) is 1. The average Bonchev–Trinajstić information content (AvgIpc) is 3.84. The van der Waals surface area contributed by atoms with E-state index in [1.54, 1.807) is 6.20 Å². The molecule has 7 heteroatoms. The first-order valence-corrected chi connectivity index (χ1v) is 12.9. The van der Waals surface area contributed by atoms with E-state index in [0.29, 0.717) is 23.4 Å². The molecule has 1 N–H and O–H groups in total. The van der Waals surface area contributed by atoms with Crippen LogP contribution >= 0.6 is 0 Å². The van der Waals surface area contributed by atoms with Crippen molar-refractivity contribution in [2.75, 3.05) is 11.9 Å². The molecule has 0 saturated heterocycles. The van der Waals surface area contributed by atoms with Gasteiger partial charge < -0.3 is 14.6 Å². The van der Waals surface area contributed by atoms with Crippen LogP contribution in [0.3, 0.4) is 0 Å². The third-order valence-electron chi connectivity index (χ3n) is 8.50. The molecule has 2 aromatic heterocycles. The molecule has 5 aliphatic carbocycles. The van der Waals surface area contributed by atoms with E-state index in [-0.39, 0.29) is 5.41 Å². The SMILES string of the molecule is c1cc(NCC23CCC(c4nc(C5CC5)no4)(CC2)CC3)cc(-c2ccnc(OC3CC3)n2)c1. The minimum Gasteiger partial charge on any atom is -0.460 e. The molecule has 0 spiro atoms. The fourth-order valence-corrected chi connectivity index (χ4v) is 5.78. The van der Waals surface area contributed by atoms with Crippen molar-refractivity contribution in [3.05, 3.63) is 48.2 Å². The lowest BCUT2D eigenvalue weighted by Crippen LogP contribution is -2.47. The zero-order valence-corrected chi connectivity index (χ0v) is 19.5. The maximum Gasteiger partial charge on any atom is 0.317 e. The lowest BCUT2D eigenvalue weighted by molar-refractivity contribution is 0.0322. The predicted octanol–water partition coefficient (Wildman–Crippen LogP) is 5.65. The van der Waals surface area contributed by atoms with Crippen LogP contribution in [0.15, 0.2) is 41.1 Å². The third-order valence-corrected chi connectivity index (χ3v) is 8.50. The van der Waals surface area contributed by atoms with Crippen LogP contribution in [0.5, 0.6) is 6.01 Å². The van der Waals surface area contributed by atoms with Gasteiger partial charge in [-0.25, -0.2) is 4.98 Å². The minimum absolute atomic E-state index is 0.120. The lowest BCUT2D eigenvalue weighted by atomic mass is 9.53. The fraction of sp³-hybridized carbons (Fsp3) is 0.556. The molecule has 0 radical (unpaired) electrons. The van der Waals surface area contributed by atoms with Gasteiger partial charge in [-0.3, -0.25) is 0 Å². The lowest BCUT2D eigenvalue weighted by Gasteiger charge is -2.52. The topological polar surface area (TPSA) is 86.0 Å². The van der Waals surface area contributed by atoms with E-state index >= 15 is 0 Å². The molecule has 0 amide bonds. The number of ether oxygens (including phenoxy) is 1. The monoisotopic (exact) mass is 457 g/mol. The maximum absolute atomic E-state index is 5.78. The Morgan fingerprint density at radius 3 is 2.56 bits per heavy atom. The summed E-state index contributed by atoms with van der Waals surface area (Å²) in [6, 6.07) is 11.0. The summed E-state index contributed by atoms with van der Waals surface area (Å²) in [5, 5.41) is 8.05. The van der Waals surface area contributed by atoms with E-state index in [9.17, 15) is 0 Å². The molecule has 5 aliphatic rings. The van der Waals surface area contributed by atoms with Crippen LogP contribution in [-0.2, 0) is 5.41 Å². The fourth-order valence-electron chi connectivity index (χ4n) is 5.78. The number of hydrogen-bond acceptors (Lipinski definition) is 7. The summed E-state index contributed by atoms with van der Waals surface area (Å²) >= 11 is 0. The molecule has 176 valence electrons. The predicted molar refractivity (Wildman–Crippen MR) is 128 cm³/mol. The Morgan fingerprint density at radius 1 is 0.971 bits per heavy atom. The number of nitrogens with zero attached hydrogens (tertiary/aromatic N) is 4. The summed E-state index contributed by atoms with van der Waals surface area (Å²) in [5.41, 5.74) is 3.60. The first-order valence-electron chi connectivity index (χ1n) is 12.9. The standard InChI is InChI=1S/C27H31N5O2/c1-2-19(22-8-15-28-25(30-22)33-21-6-7-21)16-20(3-1)29-17-26-9-12-27(13-10-26,14-11-26)24-31-23(32-34-24)18-4-5-18/h1-3,8,15-16,18,21,29H,4-7,9-14,17H2. The second-order valence-electron chi connectivity index (χ2n) is 11.0. The molecule has 5 fully saturated rings. The van der Waals surface area contributed by atoms with E-state index in [1.807, 2.05) is 6.07 Å². The zero-order valence-electron chi connectivity index (χ0n) is 19.5. The van der Waals surface area contributed by atoms with Crippen molar-refractivity contribution in [2.24, 2.45) is 5.41 Å². The molecule has 0 aliphatic heterocycles. The minimum atomic E-state index is 0.120. The van der Waals surface area contributed by atoms with Crippen molar-refractivity contribution < 1.29 is 9.26 Å². The highest BCUT2D eigenvalue weighted by molar-refractivity contribution is 5.65. The number of rotatable bonds is 8. The Labute approximate surface area is 199 Å². The van der Waals surface area contributed by atoms with Gasteiger partial charge in [-0.1, -0.05) is 17.3 Å². The van der Waals surface area contributed by atoms with Gasteiger partial charge in [0.15, 0.2) is 5.82 Å². The molecular formula is C27H31N5O2. The van der Waals surface area contributed by atoms with Crippen molar-refractivity contribution in [1.29, 1.82) is 0 Å². The summed E-state index contributed by atoms with van der Waals surface area (Å²) in [5.74, 6) is 2.42. The molecule has 2 heterocycles. The van der Waals surface area contributed by atoms with E-state index in [0.717, 1.165) is 67.3 Å². The highest BCUT2D eigenvalue weighted by Crippen LogP contribution is 2.57. The third kappa shape index (κ3) is 3.85. The highest BCUT2D eigenvalue weighted by atomic mass is 16.5. The smallest absolute Gasteiger partial charge is 0.317 e. The van der Waals surface area contributed by atoms with E-state index < -0.39 is 0 Å². The number of fused-ring (bicyclic) bond motifs is 3. The molecule has 2 bridgehead atoms. The van der Waals surface area contributed by atoms with Crippen molar-refractivity contribution in [3.8, 4) is 17.3 Å². The van der Waals surface area contributed by atoms with Crippen LogP contribution in [-0.4, -0.2) is 32.8 Å². The zero-order chi connectivity index (χ0) is 22.6. The van der Waals surface area contributed by atoms with Crippen molar-refractivity contribution in [3.63, 3.8) is 0 Å². The van der Waals surface area contributed by atoms with E-state index in [2.05, 4.69) is 44.7 Å². The van der Waals surface area contributed by atoms with E-state index in [4.69, 9.17) is 14.2 Å². The van der Waals surface area contributed by atoms with Gasteiger partial charge in [0.25, 0.3) is 0 Å². The Morgan fingerprint density at radius 2 is 1.79 bits per heavy atom. The van der Waals surface area contributed by atoms with Crippen LogP contribution in [0.1, 0.15) is 81.8 Å². The highest BCUT2D eigenvalue weighted by Gasteiger charge is 2.52. The van der Waals surface area contributed by atoms with Crippen LogP contribution < -0.4 is 10.1 Å². The van der Waals surface area contributed by atoms with Gasteiger partial charge in [-0.2, -0.15) is 9.97 Å². The Bertz CT molecular complexity index is 1170. The molecule has 34 heavy (non-hydrogen) atoms. The molecule has 7 nitrogen and oxygen atoms in total. The molecule has 0 unspecified atom stereocenters. The van der Waals surface area contributed by atoms with Crippen molar-refractivity contribution in [2.45, 2.75) is 81.6 Å². The molecule has 5 saturated carbocycles. The normalized spacial score (nSPS) is 28.1. The second kappa shape index (κ2) is 7.79. The van der Waals surface area contributed by atoms with Gasteiger partial charge in [0, 0.05) is 35.3 Å². The van der Waals surface area contributed by atoms with Gasteiger partial charge >= 0.3 is 6.01 Å². The van der Waals surface area contributed by atoms with E-state index in [1.165, 1.54) is 32.1 Å². The van der Waals surface area contributed by atoms with Gasteiger partial charge in [0.2, 0.25) is 5.89 Å². The average molecular weight is 458 g/mol. The molecule has 1 aromatic carbocycles. The molecule has 3 aromatic rings. The maximum atomic E-state index is 5.78. The number of aromatic nitrogens is 4. The Kier molecular flexibility index (Phi) is 4.68. The van der Waals surface area contributed by atoms with Gasteiger partial charge in [0.1, 0.15) is 6.10 Å². The summed E-state index contributed by atoms with van der Waals surface area (Å²) in [7, 11) is 0. The van der Waals surface area contributed by atoms with Crippen LogP contribution in [0.4, 0.5) is 5.69 Å². The van der Waals surface area contributed by atoms with Gasteiger partial charge in [-0.05, 0) is 87.8 Å². The van der Waals surface area contributed by atoms with Gasteiger partial charge in [0.05, 0.1) is 5.69 Å². The van der Waals surface area contributed by atoms with Crippen molar-refractivity contribution >= 4 is 5.69 Å². The Balaban J connectivity index is 1.01. The summed E-state index contributed by atoms with van der Waals surface area (Å²) in [6.45, 7) is 1.00. The second-order valence-corrected chi connectivity index (χ2v) is 11.0. The number of benzene rings is 1.